The second-order valence-corrected chi connectivity index (χ2v) is 4.48. The lowest BCUT2D eigenvalue weighted by molar-refractivity contribution is 0.376. The molecule has 0 amide bonds. The van der Waals surface area contributed by atoms with Gasteiger partial charge in [-0.3, -0.25) is 0 Å². The van der Waals surface area contributed by atoms with Gasteiger partial charge in [0.05, 0.1) is 12.2 Å². The minimum absolute atomic E-state index is 0.0404. The van der Waals surface area contributed by atoms with Crippen LogP contribution in [0.4, 0.5) is 8.78 Å². The number of nitrogens with one attached hydrogen (secondary N) is 1. The largest absolute Gasteiger partial charge is 0.379 e. The fourth-order valence-corrected chi connectivity index (χ4v) is 2.18. The first-order valence-corrected chi connectivity index (χ1v) is 5.06. The molecule has 1 nitrogen and oxygen atoms in total. The summed E-state index contributed by atoms with van der Waals surface area (Å²) in [6.07, 6.45) is 3.03. The van der Waals surface area contributed by atoms with Gasteiger partial charge in [0, 0.05) is 11.5 Å². The second-order valence-electron chi connectivity index (χ2n) is 4.48. The highest BCUT2D eigenvalue weighted by molar-refractivity contribution is 5.34. The standard InChI is InChI=1S/C11H15F2N/c1-7(2)11(3-4-11)10-9(13)5-8(12)6-14-10/h5,7,14H,3-4,6H2,1-2H3. The van der Waals surface area contributed by atoms with Crippen molar-refractivity contribution in [2.45, 2.75) is 26.7 Å². The Bertz CT molecular complexity index is 311. The van der Waals surface area contributed by atoms with Crippen molar-refractivity contribution >= 4 is 0 Å². The Morgan fingerprint density at radius 2 is 2.00 bits per heavy atom. The highest BCUT2D eigenvalue weighted by atomic mass is 19.1. The highest BCUT2D eigenvalue weighted by Crippen LogP contribution is 2.57. The van der Waals surface area contributed by atoms with Crippen LogP contribution >= 0.6 is 0 Å². The SMILES string of the molecule is CC(C)C1(C2=C(F)C=C(F)CN2)CC1. The van der Waals surface area contributed by atoms with Gasteiger partial charge in [-0.1, -0.05) is 13.8 Å². The van der Waals surface area contributed by atoms with Crippen LogP contribution in [0.2, 0.25) is 0 Å². The summed E-state index contributed by atoms with van der Waals surface area (Å²) in [5, 5.41) is 2.86. The van der Waals surface area contributed by atoms with Crippen molar-refractivity contribution in [3.63, 3.8) is 0 Å². The van der Waals surface area contributed by atoms with Crippen LogP contribution < -0.4 is 5.32 Å². The van der Waals surface area contributed by atoms with Crippen molar-refractivity contribution in [1.29, 1.82) is 0 Å². The van der Waals surface area contributed by atoms with E-state index >= 15 is 0 Å². The lowest BCUT2D eigenvalue weighted by atomic mass is 9.87. The van der Waals surface area contributed by atoms with Gasteiger partial charge in [0.2, 0.25) is 0 Å². The first-order valence-electron chi connectivity index (χ1n) is 5.06. The van der Waals surface area contributed by atoms with E-state index in [9.17, 15) is 8.78 Å². The first kappa shape index (κ1) is 9.69. The van der Waals surface area contributed by atoms with Crippen molar-refractivity contribution in [1.82, 2.24) is 5.32 Å². The molecule has 2 aliphatic rings. The topological polar surface area (TPSA) is 12.0 Å². The number of dihydropyridines is 1. The van der Waals surface area contributed by atoms with E-state index in [1.807, 2.05) is 0 Å². The molecule has 0 aromatic heterocycles. The highest BCUT2D eigenvalue weighted by Gasteiger charge is 2.50. The van der Waals surface area contributed by atoms with Gasteiger partial charge in [-0.15, -0.1) is 0 Å². The zero-order chi connectivity index (χ0) is 10.3. The van der Waals surface area contributed by atoms with Gasteiger partial charge in [-0.05, 0) is 18.8 Å². The Morgan fingerprint density at radius 3 is 2.43 bits per heavy atom. The molecule has 14 heavy (non-hydrogen) atoms. The predicted molar refractivity (Wildman–Crippen MR) is 51.8 cm³/mol. The molecular weight excluding hydrogens is 184 g/mol. The minimum atomic E-state index is -0.425. The van der Waals surface area contributed by atoms with Crippen molar-refractivity contribution in [2.75, 3.05) is 6.54 Å². The molecule has 1 heterocycles. The molecule has 1 aliphatic carbocycles. The molecule has 0 saturated heterocycles. The van der Waals surface area contributed by atoms with E-state index < -0.39 is 11.7 Å². The number of hydrogen-bond donors (Lipinski definition) is 1. The van der Waals surface area contributed by atoms with Crippen LogP contribution in [0.3, 0.4) is 0 Å². The Morgan fingerprint density at radius 1 is 1.36 bits per heavy atom. The third-order valence-electron chi connectivity index (χ3n) is 3.35. The summed E-state index contributed by atoms with van der Waals surface area (Å²) < 4.78 is 26.2. The maximum Gasteiger partial charge on any atom is 0.145 e. The smallest absolute Gasteiger partial charge is 0.145 e. The molecule has 3 heteroatoms. The lowest BCUT2D eigenvalue weighted by Gasteiger charge is -2.26. The molecule has 1 fully saturated rings. The normalized spacial score (nSPS) is 24.8. The van der Waals surface area contributed by atoms with Crippen LogP contribution in [-0.4, -0.2) is 6.54 Å². The monoisotopic (exact) mass is 199 g/mol. The molecule has 1 saturated carbocycles. The summed E-state index contributed by atoms with van der Waals surface area (Å²) in [5.41, 5.74) is 0.579. The van der Waals surface area contributed by atoms with Gasteiger partial charge < -0.3 is 5.32 Å². The van der Waals surface area contributed by atoms with Crippen LogP contribution in [0.15, 0.2) is 23.4 Å². The molecule has 0 bridgehead atoms. The van der Waals surface area contributed by atoms with Crippen molar-refractivity contribution in [3.05, 3.63) is 23.4 Å². The fourth-order valence-electron chi connectivity index (χ4n) is 2.18. The summed E-state index contributed by atoms with van der Waals surface area (Å²) in [5.74, 6) is -0.434. The summed E-state index contributed by atoms with van der Waals surface area (Å²) in [4.78, 5) is 0. The molecule has 1 N–H and O–H groups in total. The second kappa shape index (κ2) is 3.07. The van der Waals surface area contributed by atoms with Crippen LogP contribution in [0.1, 0.15) is 26.7 Å². The van der Waals surface area contributed by atoms with E-state index in [0.717, 1.165) is 18.9 Å². The van der Waals surface area contributed by atoms with Gasteiger partial charge in [-0.25, -0.2) is 8.78 Å². The molecule has 0 radical (unpaired) electrons. The van der Waals surface area contributed by atoms with Gasteiger partial charge in [0.25, 0.3) is 0 Å². The molecule has 0 atom stereocenters. The Labute approximate surface area is 82.9 Å². The third-order valence-corrected chi connectivity index (χ3v) is 3.35. The molecule has 78 valence electrons. The van der Waals surface area contributed by atoms with E-state index in [4.69, 9.17) is 0 Å². The van der Waals surface area contributed by atoms with Gasteiger partial charge in [0.1, 0.15) is 11.7 Å². The Hall–Kier alpha value is -0.860. The van der Waals surface area contributed by atoms with E-state index in [-0.39, 0.29) is 12.0 Å². The molecule has 2 rings (SSSR count). The average molecular weight is 199 g/mol. The molecule has 1 aliphatic heterocycles. The van der Waals surface area contributed by atoms with E-state index in [2.05, 4.69) is 19.2 Å². The molecule has 0 aromatic carbocycles. The minimum Gasteiger partial charge on any atom is -0.379 e. The first-order chi connectivity index (χ1) is 6.56. The molecule has 0 aromatic rings. The summed E-state index contributed by atoms with van der Waals surface area (Å²) in [6, 6.07) is 0. The van der Waals surface area contributed by atoms with E-state index in [1.165, 1.54) is 0 Å². The quantitative estimate of drug-likeness (QED) is 0.720. The zero-order valence-electron chi connectivity index (χ0n) is 8.53. The van der Waals surface area contributed by atoms with E-state index in [1.54, 1.807) is 0 Å². The van der Waals surface area contributed by atoms with Gasteiger partial charge in [0.15, 0.2) is 0 Å². The van der Waals surface area contributed by atoms with Crippen LogP contribution in [0.25, 0.3) is 0 Å². The number of allylic oxidation sites excluding steroid dienone is 3. The zero-order valence-corrected chi connectivity index (χ0v) is 8.53. The van der Waals surface area contributed by atoms with Crippen molar-refractivity contribution < 1.29 is 8.78 Å². The molecule has 0 unspecified atom stereocenters. The molecular formula is C11H15F2N. The lowest BCUT2D eigenvalue weighted by Crippen LogP contribution is -2.29. The van der Waals surface area contributed by atoms with Crippen LogP contribution in [0, 0.1) is 11.3 Å². The van der Waals surface area contributed by atoms with Crippen LogP contribution in [-0.2, 0) is 0 Å². The van der Waals surface area contributed by atoms with Gasteiger partial charge >= 0.3 is 0 Å². The summed E-state index contributed by atoms with van der Waals surface area (Å²) in [7, 11) is 0. The average Bonchev–Trinajstić information content (AvgIpc) is 2.84. The maximum absolute atomic E-state index is 13.5. The summed E-state index contributed by atoms with van der Waals surface area (Å²) >= 11 is 0. The Kier molecular flexibility index (Phi) is 2.13. The predicted octanol–water partition coefficient (Wildman–Crippen LogP) is 3.06. The number of rotatable bonds is 2. The number of halogens is 2. The fraction of sp³-hybridized carbons (Fsp3) is 0.636. The van der Waals surface area contributed by atoms with Crippen molar-refractivity contribution in [2.24, 2.45) is 11.3 Å². The summed E-state index contributed by atoms with van der Waals surface area (Å²) in [6.45, 7) is 4.31. The number of hydrogen-bond acceptors (Lipinski definition) is 1. The maximum atomic E-state index is 13.5. The molecule has 0 spiro atoms. The Balaban J connectivity index is 2.31. The van der Waals surface area contributed by atoms with Crippen molar-refractivity contribution in [3.8, 4) is 0 Å². The van der Waals surface area contributed by atoms with Crippen LogP contribution in [0.5, 0.6) is 0 Å². The third kappa shape index (κ3) is 1.35. The van der Waals surface area contributed by atoms with Gasteiger partial charge in [-0.2, -0.15) is 0 Å². The van der Waals surface area contributed by atoms with E-state index in [0.29, 0.717) is 11.6 Å².